The quantitative estimate of drug-likeness (QED) is 0.351. The van der Waals surface area contributed by atoms with Gasteiger partial charge in [0, 0.05) is 35.2 Å². The van der Waals surface area contributed by atoms with Crippen molar-refractivity contribution in [3.63, 3.8) is 0 Å². The van der Waals surface area contributed by atoms with Crippen LogP contribution in [0.15, 0.2) is 42.9 Å². The van der Waals surface area contributed by atoms with E-state index in [0.717, 1.165) is 21.0 Å². The van der Waals surface area contributed by atoms with E-state index in [1.807, 2.05) is 31.2 Å². The minimum absolute atomic E-state index is 0.118. The molecule has 2 aromatic heterocycles. The predicted octanol–water partition coefficient (Wildman–Crippen LogP) is 1.17. The molecular formula is C23H23N7O4S. The van der Waals surface area contributed by atoms with Crippen LogP contribution in [-0.4, -0.2) is 58.9 Å². The summed E-state index contributed by atoms with van der Waals surface area (Å²) in [5.74, 6) is -2.10. The summed E-state index contributed by atoms with van der Waals surface area (Å²) in [5.41, 5.74) is 8.02. The molecule has 0 bridgehead atoms. The molecule has 11 nitrogen and oxygen atoms in total. The maximum absolute atomic E-state index is 12.5. The lowest BCUT2D eigenvalue weighted by Crippen LogP contribution is -2.71. The average molecular weight is 494 g/mol. The number of aromatic nitrogens is 2. The molecule has 1 aliphatic heterocycles. The first-order valence-corrected chi connectivity index (χ1v) is 12.3. The smallest absolute Gasteiger partial charge is 0.314 e. The predicted molar refractivity (Wildman–Crippen MR) is 130 cm³/mol. The number of rotatable bonds is 5. The molecule has 1 saturated heterocycles. The van der Waals surface area contributed by atoms with Crippen molar-refractivity contribution in [1.82, 2.24) is 19.6 Å². The fraction of sp³-hybridized carbons (Fsp3) is 0.261. The van der Waals surface area contributed by atoms with E-state index in [2.05, 4.69) is 20.6 Å². The first-order valence-electron chi connectivity index (χ1n) is 10.7. The van der Waals surface area contributed by atoms with Gasteiger partial charge in [0.15, 0.2) is 5.54 Å². The number of sulfonamides is 1. The van der Waals surface area contributed by atoms with Gasteiger partial charge in [0.2, 0.25) is 10.0 Å². The number of benzene rings is 1. The average Bonchev–Trinajstić information content (AvgIpc) is 2.80. The third kappa shape index (κ3) is 4.64. The molecule has 3 heterocycles. The summed E-state index contributed by atoms with van der Waals surface area (Å²) in [6, 6.07) is 9.08. The van der Waals surface area contributed by atoms with E-state index in [1.165, 1.54) is 13.1 Å². The maximum Gasteiger partial charge on any atom is 0.314 e. The van der Waals surface area contributed by atoms with Crippen LogP contribution >= 0.6 is 0 Å². The molecule has 1 fully saturated rings. The Morgan fingerprint density at radius 1 is 1.23 bits per heavy atom. The van der Waals surface area contributed by atoms with Crippen LogP contribution in [0.2, 0.25) is 0 Å². The lowest BCUT2D eigenvalue weighted by molar-refractivity contribution is -0.137. The van der Waals surface area contributed by atoms with Crippen molar-refractivity contribution >= 4 is 44.1 Å². The van der Waals surface area contributed by atoms with E-state index in [-0.39, 0.29) is 24.7 Å². The second kappa shape index (κ2) is 8.94. The lowest BCUT2D eigenvalue weighted by Gasteiger charge is -2.44. The molecule has 3 aromatic rings. The fourth-order valence-electron chi connectivity index (χ4n) is 3.84. The van der Waals surface area contributed by atoms with Crippen molar-refractivity contribution in [3.8, 4) is 17.2 Å². The van der Waals surface area contributed by atoms with Crippen LogP contribution in [0.3, 0.4) is 0 Å². The Kier molecular flexibility index (Phi) is 6.14. The van der Waals surface area contributed by atoms with Gasteiger partial charge >= 0.3 is 11.8 Å². The number of carbonyl (C=O) groups is 2. The molecular weight excluding hydrogens is 470 g/mol. The molecule has 1 aromatic carbocycles. The number of fused-ring (bicyclic) bond motifs is 1. The molecule has 0 aliphatic carbocycles. The zero-order valence-corrected chi connectivity index (χ0v) is 19.9. The highest BCUT2D eigenvalue weighted by atomic mass is 32.2. The number of nitriles is 1. The number of nitrogens with two attached hydrogens (primary N) is 1. The zero-order chi connectivity index (χ0) is 25.4. The summed E-state index contributed by atoms with van der Waals surface area (Å²) >= 11 is 0. The standard InChI is InChI=1S/C23H23N7O4S/c1-3-35(33,34)30-12-23(11-24,13-30)29-22(32)21(31)28-20-8-16-6-15(7-19(25)18(16)10-27-20)17-9-26-5-4-14(17)2/h4-10H,3,12-13,25H2,1-2H3,(H,29,32)(H,27,28,31). The van der Waals surface area contributed by atoms with Gasteiger partial charge in [-0.1, -0.05) is 0 Å². The lowest BCUT2D eigenvalue weighted by atomic mass is 9.94. The number of pyridine rings is 2. The van der Waals surface area contributed by atoms with E-state index in [9.17, 15) is 23.3 Å². The first kappa shape index (κ1) is 24.1. The highest BCUT2D eigenvalue weighted by molar-refractivity contribution is 7.89. The second-order valence-corrected chi connectivity index (χ2v) is 10.6. The van der Waals surface area contributed by atoms with E-state index < -0.39 is 27.4 Å². The highest BCUT2D eigenvalue weighted by Gasteiger charge is 2.49. The number of hydrogen-bond acceptors (Lipinski definition) is 8. The number of nitrogens with zero attached hydrogens (tertiary/aromatic N) is 4. The SMILES string of the molecule is CCS(=O)(=O)N1CC(C#N)(NC(=O)C(=O)Nc2cc3cc(-c4cnccc4C)cc(N)c3cn2)C1. The van der Waals surface area contributed by atoms with Crippen molar-refractivity contribution in [3.05, 3.63) is 48.4 Å². The number of anilines is 2. The monoisotopic (exact) mass is 493 g/mol. The Labute approximate surface area is 202 Å². The number of nitrogens with one attached hydrogen (secondary N) is 2. The number of carbonyl (C=O) groups excluding carboxylic acids is 2. The summed E-state index contributed by atoms with van der Waals surface area (Å²) in [6.45, 7) is 3.01. The minimum Gasteiger partial charge on any atom is -0.398 e. The second-order valence-electron chi connectivity index (χ2n) is 8.32. The van der Waals surface area contributed by atoms with Gasteiger partial charge in [-0.3, -0.25) is 14.6 Å². The molecule has 0 saturated carbocycles. The van der Waals surface area contributed by atoms with Crippen LogP contribution in [0, 0.1) is 18.3 Å². The molecule has 1 aliphatic rings. The number of amides is 2. The molecule has 35 heavy (non-hydrogen) atoms. The van der Waals surface area contributed by atoms with Gasteiger partial charge in [0.1, 0.15) is 5.82 Å². The number of nitrogen functional groups attached to an aromatic ring is 1. The van der Waals surface area contributed by atoms with Gasteiger partial charge in [-0.25, -0.2) is 13.4 Å². The van der Waals surface area contributed by atoms with Crippen LogP contribution < -0.4 is 16.4 Å². The van der Waals surface area contributed by atoms with Crippen LogP contribution in [-0.2, 0) is 19.6 Å². The Bertz CT molecular complexity index is 1490. The van der Waals surface area contributed by atoms with E-state index in [1.54, 1.807) is 18.5 Å². The summed E-state index contributed by atoms with van der Waals surface area (Å²) in [4.78, 5) is 33.2. The fourth-order valence-corrected chi connectivity index (χ4v) is 5.04. The highest BCUT2D eigenvalue weighted by Crippen LogP contribution is 2.31. The van der Waals surface area contributed by atoms with E-state index >= 15 is 0 Å². The van der Waals surface area contributed by atoms with Crippen molar-refractivity contribution in [2.45, 2.75) is 19.4 Å². The Morgan fingerprint density at radius 2 is 1.97 bits per heavy atom. The van der Waals surface area contributed by atoms with E-state index in [4.69, 9.17) is 5.73 Å². The summed E-state index contributed by atoms with van der Waals surface area (Å²) in [7, 11) is -3.49. The molecule has 0 unspecified atom stereocenters. The molecule has 0 atom stereocenters. The number of aryl methyl sites for hydroxylation is 1. The van der Waals surface area contributed by atoms with Gasteiger partial charge in [-0.2, -0.15) is 9.57 Å². The van der Waals surface area contributed by atoms with Gasteiger partial charge < -0.3 is 16.4 Å². The summed E-state index contributed by atoms with van der Waals surface area (Å²) in [6.07, 6.45) is 4.93. The zero-order valence-electron chi connectivity index (χ0n) is 19.1. The van der Waals surface area contributed by atoms with E-state index in [0.29, 0.717) is 16.5 Å². The van der Waals surface area contributed by atoms with Crippen LogP contribution in [0.4, 0.5) is 11.5 Å². The molecule has 0 spiro atoms. The topological polar surface area (TPSA) is 171 Å². The van der Waals surface area contributed by atoms with Crippen LogP contribution in [0.1, 0.15) is 12.5 Å². The number of hydrogen-bond donors (Lipinski definition) is 3. The van der Waals surface area contributed by atoms with Gasteiger partial charge in [-0.15, -0.1) is 0 Å². The first-order chi connectivity index (χ1) is 16.6. The largest absolute Gasteiger partial charge is 0.398 e. The van der Waals surface area contributed by atoms with Crippen LogP contribution in [0.5, 0.6) is 0 Å². The van der Waals surface area contributed by atoms with Crippen molar-refractivity contribution in [2.24, 2.45) is 0 Å². The van der Waals surface area contributed by atoms with Gasteiger partial charge in [-0.05, 0) is 54.6 Å². The maximum atomic E-state index is 12.5. The normalized spacial score (nSPS) is 15.1. The Morgan fingerprint density at radius 3 is 2.63 bits per heavy atom. The Balaban J connectivity index is 1.51. The summed E-state index contributed by atoms with van der Waals surface area (Å²) in [5, 5.41) is 15.6. The molecule has 180 valence electrons. The molecule has 12 heteroatoms. The van der Waals surface area contributed by atoms with Gasteiger partial charge in [0.25, 0.3) is 0 Å². The molecule has 0 radical (unpaired) electrons. The van der Waals surface area contributed by atoms with Crippen molar-refractivity contribution in [2.75, 3.05) is 29.9 Å². The van der Waals surface area contributed by atoms with Gasteiger partial charge in [0.05, 0.1) is 24.9 Å². The summed E-state index contributed by atoms with van der Waals surface area (Å²) < 4.78 is 24.9. The molecule has 4 rings (SSSR count). The Hall–Kier alpha value is -4.08. The van der Waals surface area contributed by atoms with Crippen LogP contribution in [0.25, 0.3) is 21.9 Å². The third-order valence-corrected chi connectivity index (χ3v) is 7.66. The van der Waals surface area contributed by atoms with Crippen molar-refractivity contribution in [1.29, 1.82) is 5.26 Å². The molecule has 2 amide bonds. The third-order valence-electron chi connectivity index (χ3n) is 5.88. The molecule has 4 N–H and O–H groups in total. The minimum atomic E-state index is -3.49. The van der Waals surface area contributed by atoms with Crippen molar-refractivity contribution < 1.29 is 18.0 Å².